The Labute approximate surface area is 99.9 Å². The summed E-state index contributed by atoms with van der Waals surface area (Å²) in [6.45, 7) is 4.34. The quantitative estimate of drug-likeness (QED) is 0.801. The largest absolute Gasteiger partial charge is 0.496 e. The number of ether oxygens (including phenoxy) is 1. The zero-order valence-corrected chi connectivity index (χ0v) is 10.5. The van der Waals surface area contributed by atoms with Crippen molar-refractivity contribution in [1.82, 2.24) is 4.98 Å². The summed E-state index contributed by atoms with van der Waals surface area (Å²) >= 11 is 1.64. The molecule has 1 aromatic carbocycles. The standard InChI is InChI=1S/C13H15NOS/c1-9(2)11-5-4-10(8-12(11)15-3)13-14-6-7-16-13/h4-9H,1-3H3. The molecule has 0 spiro atoms. The molecule has 0 unspecified atom stereocenters. The summed E-state index contributed by atoms with van der Waals surface area (Å²) in [5.74, 6) is 1.42. The average Bonchev–Trinajstić information content (AvgIpc) is 2.81. The fourth-order valence-corrected chi connectivity index (χ4v) is 2.32. The first-order valence-corrected chi connectivity index (χ1v) is 6.18. The molecule has 0 fully saturated rings. The van der Waals surface area contributed by atoms with Crippen LogP contribution in [0.2, 0.25) is 0 Å². The number of benzene rings is 1. The highest BCUT2D eigenvalue weighted by Gasteiger charge is 2.09. The van der Waals surface area contributed by atoms with Crippen LogP contribution in [0.3, 0.4) is 0 Å². The van der Waals surface area contributed by atoms with Crippen LogP contribution in [-0.2, 0) is 0 Å². The lowest BCUT2D eigenvalue weighted by molar-refractivity contribution is 0.408. The van der Waals surface area contributed by atoms with Crippen LogP contribution in [0.1, 0.15) is 25.3 Å². The van der Waals surface area contributed by atoms with E-state index in [1.54, 1.807) is 18.4 Å². The van der Waals surface area contributed by atoms with Gasteiger partial charge in [-0.1, -0.05) is 26.0 Å². The molecule has 0 bridgehead atoms. The second kappa shape index (κ2) is 4.66. The Balaban J connectivity index is 2.45. The van der Waals surface area contributed by atoms with Gasteiger partial charge in [0, 0.05) is 17.1 Å². The van der Waals surface area contributed by atoms with E-state index in [0.717, 1.165) is 16.3 Å². The van der Waals surface area contributed by atoms with Crippen LogP contribution < -0.4 is 4.74 Å². The van der Waals surface area contributed by atoms with Gasteiger partial charge in [0.15, 0.2) is 0 Å². The summed E-state index contributed by atoms with van der Waals surface area (Å²) < 4.78 is 5.42. The minimum Gasteiger partial charge on any atom is -0.496 e. The van der Waals surface area contributed by atoms with Crippen molar-refractivity contribution in [3.8, 4) is 16.3 Å². The summed E-state index contributed by atoms with van der Waals surface area (Å²) in [6, 6.07) is 6.30. The number of nitrogens with zero attached hydrogens (tertiary/aromatic N) is 1. The van der Waals surface area contributed by atoms with E-state index in [1.165, 1.54) is 5.56 Å². The molecule has 2 nitrogen and oxygen atoms in total. The maximum atomic E-state index is 5.42. The maximum absolute atomic E-state index is 5.42. The Morgan fingerprint density at radius 1 is 1.31 bits per heavy atom. The molecule has 2 rings (SSSR count). The molecular weight excluding hydrogens is 218 g/mol. The van der Waals surface area contributed by atoms with Crippen molar-refractivity contribution in [2.45, 2.75) is 19.8 Å². The Morgan fingerprint density at radius 3 is 2.69 bits per heavy atom. The highest BCUT2D eigenvalue weighted by atomic mass is 32.1. The smallest absolute Gasteiger partial charge is 0.123 e. The molecule has 0 atom stereocenters. The van der Waals surface area contributed by atoms with Crippen LogP contribution in [-0.4, -0.2) is 12.1 Å². The predicted molar refractivity (Wildman–Crippen MR) is 68.2 cm³/mol. The van der Waals surface area contributed by atoms with Gasteiger partial charge >= 0.3 is 0 Å². The first kappa shape index (κ1) is 11.1. The molecule has 84 valence electrons. The average molecular weight is 233 g/mol. The molecule has 0 aliphatic carbocycles. The molecule has 0 aliphatic rings. The van der Waals surface area contributed by atoms with Crippen molar-refractivity contribution in [2.24, 2.45) is 0 Å². The van der Waals surface area contributed by atoms with Gasteiger partial charge < -0.3 is 4.74 Å². The second-order valence-corrected chi connectivity index (χ2v) is 4.84. The van der Waals surface area contributed by atoms with E-state index in [2.05, 4.69) is 37.0 Å². The van der Waals surface area contributed by atoms with Gasteiger partial charge in [0.05, 0.1) is 7.11 Å². The number of rotatable bonds is 3. The van der Waals surface area contributed by atoms with E-state index >= 15 is 0 Å². The first-order chi connectivity index (χ1) is 7.72. The topological polar surface area (TPSA) is 22.1 Å². The maximum Gasteiger partial charge on any atom is 0.123 e. The lowest BCUT2D eigenvalue weighted by Crippen LogP contribution is -1.94. The molecule has 0 saturated heterocycles. The Morgan fingerprint density at radius 2 is 2.12 bits per heavy atom. The number of thiazole rings is 1. The molecule has 0 amide bonds. The molecule has 0 saturated carbocycles. The van der Waals surface area contributed by atoms with Gasteiger partial charge in [0.25, 0.3) is 0 Å². The number of aromatic nitrogens is 1. The van der Waals surface area contributed by atoms with Crippen molar-refractivity contribution in [3.05, 3.63) is 35.3 Å². The fraction of sp³-hybridized carbons (Fsp3) is 0.308. The van der Waals surface area contributed by atoms with Crippen LogP contribution in [0.25, 0.3) is 10.6 Å². The normalized spacial score (nSPS) is 10.8. The van der Waals surface area contributed by atoms with E-state index < -0.39 is 0 Å². The van der Waals surface area contributed by atoms with Crippen molar-refractivity contribution < 1.29 is 4.74 Å². The third-order valence-electron chi connectivity index (χ3n) is 2.53. The monoisotopic (exact) mass is 233 g/mol. The Bertz CT molecular complexity index is 463. The third kappa shape index (κ3) is 2.09. The lowest BCUT2D eigenvalue weighted by atomic mass is 10.0. The molecule has 1 aromatic heterocycles. The van der Waals surface area contributed by atoms with Crippen LogP contribution in [0.5, 0.6) is 5.75 Å². The van der Waals surface area contributed by atoms with E-state index in [0.29, 0.717) is 5.92 Å². The van der Waals surface area contributed by atoms with Gasteiger partial charge in [0.2, 0.25) is 0 Å². The Hall–Kier alpha value is -1.35. The van der Waals surface area contributed by atoms with E-state index in [9.17, 15) is 0 Å². The van der Waals surface area contributed by atoms with Crippen molar-refractivity contribution in [3.63, 3.8) is 0 Å². The Kier molecular flexibility index (Phi) is 3.25. The minimum atomic E-state index is 0.472. The summed E-state index contributed by atoms with van der Waals surface area (Å²) in [5.41, 5.74) is 2.36. The first-order valence-electron chi connectivity index (χ1n) is 5.30. The SMILES string of the molecule is COc1cc(-c2nccs2)ccc1C(C)C. The van der Waals surface area contributed by atoms with Gasteiger partial charge in [-0.2, -0.15) is 0 Å². The van der Waals surface area contributed by atoms with E-state index in [-0.39, 0.29) is 0 Å². The molecule has 0 radical (unpaired) electrons. The predicted octanol–water partition coefficient (Wildman–Crippen LogP) is 3.94. The highest BCUT2D eigenvalue weighted by molar-refractivity contribution is 7.13. The molecule has 3 heteroatoms. The van der Waals surface area contributed by atoms with Gasteiger partial charge in [-0.3, -0.25) is 0 Å². The minimum absolute atomic E-state index is 0.472. The van der Waals surface area contributed by atoms with E-state index in [4.69, 9.17) is 4.74 Å². The molecular formula is C13H15NOS. The van der Waals surface area contributed by atoms with Crippen molar-refractivity contribution in [2.75, 3.05) is 7.11 Å². The zero-order chi connectivity index (χ0) is 11.5. The summed E-state index contributed by atoms with van der Waals surface area (Å²) in [4.78, 5) is 4.30. The van der Waals surface area contributed by atoms with Crippen molar-refractivity contribution >= 4 is 11.3 Å². The third-order valence-corrected chi connectivity index (χ3v) is 3.36. The molecule has 1 heterocycles. The summed E-state index contributed by atoms with van der Waals surface area (Å²) in [5, 5.41) is 3.02. The van der Waals surface area contributed by atoms with Gasteiger partial charge in [0.1, 0.15) is 10.8 Å². The van der Waals surface area contributed by atoms with Gasteiger partial charge in [-0.25, -0.2) is 4.98 Å². The summed E-state index contributed by atoms with van der Waals surface area (Å²) in [6.07, 6.45) is 1.82. The highest BCUT2D eigenvalue weighted by Crippen LogP contribution is 2.32. The van der Waals surface area contributed by atoms with Gasteiger partial charge in [-0.15, -0.1) is 11.3 Å². The molecule has 16 heavy (non-hydrogen) atoms. The van der Waals surface area contributed by atoms with Crippen LogP contribution in [0.4, 0.5) is 0 Å². The van der Waals surface area contributed by atoms with E-state index in [1.807, 2.05) is 11.6 Å². The lowest BCUT2D eigenvalue weighted by Gasteiger charge is -2.12. The fourth-order valence-electron chi connectivity index (χ4n) is 1.69. The number of hydrogen-bond acceptors (Lipinski definition) is 3. The summed E-state index contributed by atoms with van der Waals surface area (Å²) in [7, 11) is 1.72. The van der Waals surface area contributed by atoms with Crippen LogP contribution in [0.15, 0.2) is 29.8 Å². The molecule has 0 N–H and O–H groups in total. The van der Waals surface area contributed by atoms with Crippen molar-refractivity contribution in [1.29, 1.82) is 0 Å². The van der Waals surface area contributed by atoms with Crippen LogP contribution in [0, 0.1) is 0 Å². The zero-order valence-electron chi connectivity index (χ0n) is 9.73. The number of hydrogen-bond donors (Lipinski definition) is 0. The molecule has 0 aliphatic heterocycles. The molecule has 2 aromatic rings. The number of methoxy groups -OCH3 is 1. The van der Waals surface area contributed by atoms with Gasteiger partial charge in [-0.05, 0) is 17.5 Å². The second-order valence-electron chi connectivity index (χ2n) is 3.95. The van der Waals surface area contributed by atoms with Crippen LogP contribution >= 0.6 is 11.3 Å².